The van der Waals surface area contributed by atoms with Gasteiger partial charge in [0.2, 0.25) is 0 Å². The molecular weight excluding hydrogens is 184 g/mol. The molecular formula is C9H10N2OS. The van der Waals surface area contributed by atoms with E-state index in [4.69, 9.17) is 0 Å². The summed E-state index contributed by atoms with van der Waals surface area (Å²) in [7, 11) is 0. The molecule has 0 fully saturated rings. The van der Waals surface area contributed by atoms with E-state index >= 15 is 0 Å². The van der Waals surface area contributed by atoms with E-state index in [9.17, 15) is 4.79 Å². The van der Waals surface area contributed by atoms with Gasteiger partial charge < -0.3 is 0 Å². The first-order valence-corrected chi connectivity index (χ1v) is 5.03. The Kier molecular flexibility index (Phi) is 1.92. The van der Waals surface area contributed by atoms with Crippen molar-refractivity contribution in [3.8, 4) is 0 Å². The maximum atomic E-state index is 11.5. The Bertz CT molecular complexity index is 484. The monoisotopic (exact) mass is 194 g/mol. The normalized spacial score (nSPS) is 11.3. The highest BCUT2D eigenvalue weighted by molar-refractivity contribution is 7.15. The topological polar surface area (TPSA) is 34.4 Å². The Balaban J connectivity index is 2.77. The van der Waals surface area contributed by atoms with Crippen molar-refractivity contribution in [3.05, 3.63) is 33.7 Å². The molecule has 0 aliphatic rings. The average Bonchev–Trinajstić information content (AvgIpc) is 2.51. The highest BCUT2D eigenvalue weighted by atomic mass is 32.1. The van der Waals surface area contributed by atoms with Crippen molar-refractivity contribution in [2.45, 2.75) is 19.8 Å². The van der Waals surface area contributed by atoms with Crippen LogP contribution in [0, 0.1) is 0 Å². The van der Waals surface area contributed by atoms with Gasteiger partial charge in [-0.1, -0.05) is 13.8 Å². The molecule has 2 aromatic heterocycles. The van der Waals surface area contributed by atoms with E-state index in [1.807, 2.05) is 19.2 Å². The van der Waals surface area contributed by atoms with Crippen LogP contribution in [-0.4, -0.2) is 9.38 Å². The van der Waals surface area contributed by atoms with Gasteiger partial charge in [-0.15, -0.1) is 11.3 Å². The molecule has 2 aromatic rings. The van der Waals surface area contributed by atoms with Crippen LogP contribution in [0.2, 0.25) is 0 Å². The second-order valence-electron chi connectivity index (χ2n) is 3.23. The van der Waals surface area contributed by atoms with Crippen LogP contribution in [0.1, 0.15) is 25.5 Å². The minimum Gasteiger partial charge on any atom is -0.269 e. The smallest absolute Gasteiger partial charge is 0.258 e. The Labute approximate surface area is 79.7 Å². The largest absolute Gasteiger partial charge is 0.269 e. The lowest BCUT2D eigenvalue weighted by atomic mass is 10.1. The maximum Gasteiger partial charge on any atom is 0.258 e. The van der Waals surface area contributed by atoms with Crippen LogP contribution in [-0.2, 0) is 0 Å². The molecule has 0 unspecified atom stereocenters. The molecule has 0 aliphatic carbocycles. The molecule has 0 saturated carbocycles. The lowest BCUT2D eigenvalue weighted by Gasteiger charge is -2.02. The lowest BCUT2D eigenvalue weighted by Crippen LogP contribution is -2.13. The fourth-order valence-electron chi connectivity index (χ4n) is 1.16. The van der Waals surface area contributed by atoms with Crippen LogP contribution in [0.15, 0.2) is 22.4 Å². The number of thiazole rings is 1. The van der Waals surface area contributed by atoms with Gasteiger partial charge in [-0.2, -0.15) is 0 Å². The molecule has 3 nitrogen and oxygen atoms in total. The van der Waals surface area contributed by atoms with Crippen molar-refractivity contribution in [3.63, 3.8) is 0 Å². The fourth-order valence-corrected chi connectivity index (χ4v) is 1.88. The van der Waals surface area contributed by atoms with Gasteiger partial charge in [0.05, 0.1) is 5.69 Å². The zero-order valence-electron chi connectivity index (χ0n) is 7.52. The van der Waals surface area contributed by atoms with Gasteiger partial charge in [-0.3, -0.25) is 9.20 Å². The van der Waals surface area contributed by atoms with E-state index in [2.05, 4.69) is 4.98 Å². The van der Waals surface area contributed by atoms with Crippen LogP contribution in [0.25, 0.3) is 4.96 Å². The van der Waals surface area contributed by atoms with Crippen molar-refractivity contribution in [2.75, 3.05) is 0 Å². The predicted octanol–water partition coefficient (Wildman–Crippen LogP) is 1.88. The summed E-state index contributed by atoms with van der Waals surface area (Å²) < 4.78 is 1.57. The summed E-state index contributed by atoms with van der Waals surface area (Å²) in [6.45, 7) is 4.07. The van der Waals surface area contributed by atoms with Gasteiger partial charge in [0.15, 0.2) is 4.96 Å². The molecule has 4 heteroatoms. The minimum atomic E-state index is 0.00921. The van der Waals surface area contributed by atoms with E-state index in [1.54, 1.807) is 16.7 Å². The Morgan fingerprint density at radius 1 is 1.54 bits per heavy atom. The average molecular weight is 194 g/mol. The zero-order chi connectivity index (χ0) is 9.42. The van der Waals surface area contributed by atoms with Gasteiger partial charge >= 0.3 is 0 Å². The fraction of sp³-hybridized carbons (Fsp3) is 0.333. The molecule has 0 spiro atoms. The SMILES string of the molecule is CC(C)c1cc(=O)n2ccsc2n1. The second-order valence-corrected chi connectivity index (χ2v) is 4.10. The molecule has 0 aliphatic heterocycles. The first kappa shape index (κ1) is 8.44. The summed E-state index contributed by atoms with van der Waals surface area (Å²) in [5, 5.41) is 1.87. The Hall–Kier alpha value is -1.16. The summed E-state index contributed by atoms with van der Waals surface area (Å²) in [5.74, 6) is 0.305. The number of hydrogen-bond acceptors (Lipinski definition) is 3. The molecule has 0 N–H and O–H groups in total. The third-order valence-corrected chi connectivity index (χ3v) is 2.67. The van der Waals surface area contributed by atoms with Gasteiger partial charge in [-0.05, 0) is 5.92 Å². The van der Waals surface area contributed by atoms with E-state index in [-0.39, 0.29) is 5.56 Å². The van der Waals surface area contributed by atoms with E-state index < -0.39 is 0 Å². The first-order chi connectivity index (χ1) is 6.18. The van der Waals surface area contributed by atoms with Crippen molar-refractivity contribution >= 4 is 16.3 Å². The molecule has 0 bridgehead atoms. The van der Waals surface area contributed by atoms with Crippen LogP contribution >= 0.6 is 11.3 Å². The van der Waals surface area contributed by atoms with Crippen LogP contribution in [0.3, 0.4) is 0 Å². The van der Waals surface area contributed by atoms with Gasteiger partial charge in [0.1, 0.15) is 0 Å². The molecule has 0 aromatic carbocycles. The van der Waals surface area contributed by atoms with Crippen molar-refractivity contribution in [2.24, 2.45) is 0 Å². The van der Waals surface area contributed by atoms with Gasteiger partial charge in [0.25, 0.3) is 5.56 Å². The highest BCUT2D eigenvalue weighted by Crippen LogP contribution is 2.12. The van der Waals surface area contributed by atoms with E-state index in [0.29, 0.717) is 5.92 Å². The quantitative estimate of drug-likeness (QED) is 0.694. The first-order valence-electron chi connectivity index (χ1n) is 4.15. The molecule has 0 radical (unpaired) electrons. The van der Waals surface area contributed by atoms with E-state index in [0.717, 1.165) is 10.7 Å². The molecule has 0 atom stereocenters. The van der Waals surface area contributed by atoms with Gasteiger partial charge in [-0.25, -0.2) is 4.98 Å². The summed E-state index contributed by atoms with van der Waals surface area (Å²) in [6, 6.07) is 1.60. The van der Waals surface area contributed by atoms with Crippen molar-refractivity contribution in [1.29, 1.82) is 0 Å². The molecule has 13 heavy (non-hydrogen) atoms. The van der Waals surface area contributed by atoms with Crippen molar-refractivity contribution < 1.29 is 0 Å². The van der Waals surface area contributed by atoms with Crippen LogP contribution in [0.5, 0.6) is 0 Å². The number of hydrogen-bond donors (Lipinski definition) is 0. The molecule has 0 saturated heterocycles. The molecule has 2 heterocycles. The summed E-state index contributed by atoms with van der Waals surface area (Å²) in [5.41, 5.74) is 0.877. The zero-order valence-corrected chi connectivity index (χ0v) is 8.34. The number of rotatable bonds is 1. The number of nitrogens with zero attached hydrogens (tertiary/aromatic N) is 2. The van der Waals surface area contributed by atoms with Crippen LogP contribution in [0.4, 0.5) is 0 Å². The van der Waals surface area contributed by atoms with Crippen LogP contribution < -0.4 is 5.56 Å². The minimum absolute atomic E-state index is 0.00921. The lowest BCUT2D eigenvalue weighted by molar-refractivity contribution is 0.815. The molecule has 68 valence electrons. The highest BCUT2D eigenvalue weighted by Gasteiger charge is 2.05. The third-order valence-electron chi connectivity index (χ3n) is 1.91. The van der Waals surface area contributed by atoms with Gasteiger partial charge in [0, 0.05) is 17.6 Å². The maximum absolute atomic E-state index is 11.5. The third kappa shape index (κ3) is 1.37. The number of fused-ring (bicyclic) bond motifs is 1. The summed E-state index contributed by atoms with van der Waals surface area (Å²) >= 11 is 1.48. The van der Waals surface area contributed by atoms with E-state index in [1.165, 1.54) is 11.3 Å². The molecule has 0 amide bonds. The predicted molar refractivity (Wildman–Crippen MR) is 53.4 cm³/mol. The van der Waals surface area contributed by atoms with Crippen molar-refractivity contribution in [1.82, 2.24) is 9.38 Å². The Morgan fingerprint density at radius 2 is 2.31 bits per heavy atom. The standard InChI is InChI=1S/C9H10N2OS/c1-6(2)7-5-8(12)11-3-4-13-9(11)10-7/h3-6H,1-2H3. The number of aromatic nitrogens is 2. The summed E-state index contributed by atoms with van der Waals surface area (Å²) in [6.07, 6.45) is 1.75. The second kappa shape index (κ2) is 2.96. The Morgan fingerprint density at radius 3 is 3.00 bits per heavy atom. The molecule has 2 rings (SSSR count). The summed E-state index contributed by atoms with van der Waals surface area (Å²) in [4.78, 5) is 16.6.